The van der Waals surface area contributed by atoms with Gasteiger partial charge in [-0.25, -0.2) is 4.98 Å². The Morgan fingerprint density at radius 1 is 1.12 bits per heavy atom. The molecule has 2 aromatic carbocycles. The fourth-order valence-corrected chi connectivity index (χ4v) is 2.42. The molecule has 0 aliphatic carbocycles. The standard InChI is InChI=1S/C18H18N2O4/c1-22-14-8-13(9-15(10-14)23-2)18(21)19-6-5-12-3-4-17-16(7-12)20-11-24-17/h3-4,7-11H,5-6H2,1-2H3,(H,19,21). The molecule has 0 fully saturated rings. The minimum atomic E-state index is -0.172. The van der Waals surface area contributed by atoms with E-state index in [4.69, 9.17) is 13.9 Å². The molecule has 1 N–H and O–H groups in total. The number of amides is 1. The first-order valence-electron chi connectivity index (χ1n) is 7.53. The van der Waals surface area contributed by atoms with Crippen LogP contribution in [0.1, 0.15) is 15.9 Å². The summed E-state index contributed by atoms with van der Waals surface area (Å²) >= 11 is 0. The number of fused-ring (bicyclic) bond motifs is 1. The fraction of sp³-hybridized carbons (Fsp3) is 0.222. The summed E-state index contributed by atoms with van der Waals surface area (Å²) in [7, 11) is 3.10. The minimum absolute atomic E-state index is 0.172. The van der Waals surface area contributed by atoms with Crippen molar-refractivity contribution in [2.45, 2.75) is 6.42 Å². The maximum atomic E-state index is 12.3. The Bertz CT molecular complexity index is 835. The van der Waals surface area contributed by atoms with E-state index < -0.39 is 0 Å². The number of oxazole rings is 1. The molecule has 3 aromatic rings. The monoisotopic (exact) mass is 326 g/mol. The molecular formula is C18H18N2O4. The SMILES string of the molecule is COc1cc(OC)cc(C(=O)NCCc2ccc3ocnc3c2)c1. The topological polar surface area (TPSA) is 73.6 Å². The number of carbonyl (C=O) groups excluding carboxylic acids is 1. The average Bonchev–Trinajstić information content (AvgIpc) is 3.08. The lowest BCUT2D eigenvalue weighted by atomic mass is 10.1. The summed E-state index contributed by atoms with van der Waals surface area (Å²) in [6.07, 6.45) is 2.13. The molecule has 0 aliphatic rings. The number of ether oxygens (including phenoxy) is 2. The van der Waals surface area contributed by atoms with Crippen molar-refractivity contribution in [2.75, 3.05) is 20.8 Å². The van der Waals surface area contributed by atoms with Crippen LogP contribution in [0.25, 0.3) is 11.1 Å². The van der Waals surface area contributed by atoms with Crippen molar-refractivity contribution in [3.05, 3.63) is 53.9 Å². The van der Waals surface area contributed by atoms with Crippen LogP contribution in [0.15, 0.2) is 47.2 Å². The smallest absolute Gasteiger partial charge is 0.251 e. The second kappa shape index (κ2) is 7.04. The lowest BCUT2D eigenvalue weighted by Gasteiger charge is -2.09. The number of methoxy groups -OCH3 is 2. The Hall–Kier alpha value is -3.02. The molecule has 0 bridgehead atoms. The summed E-state index contributed by atoms with van der Waals surface area (Å²) in [4.78, 5) is 16.4. The van der Waals surface area contributed by atoms with Crippen LogP contribution in [0.4, 0.5) is 0 Å². The van der Waals surface area contributed by atoms with Gasteiger partial charge in [0, 0.05) is 18.2 Å². The van der Waals surface area contributed by atoms with E-state index in [1.165, 1.54) is 6.39 Å². The third-order valence-electron chi connectivity index (χ3n) is 3.71. The van der Waals surface area contributed by atoms with Gasteiger partial charge in [-0.1, -0.05) is 6.07 Å². The van der Waals surface area contributed by atoms with Crippen LogP contribution in [0.3, 0.4) is 0 Å². The summed E-state index contributed by atoms with van der Waals surface area (Å²) in [6, 6.07) is 10.9. The molecule has 0 atom stereocenters. The molecule has 1 aromatic heterocycles. The summed E-state index contributed by atoms with van der Waals surface area (Å²) < 4.78 is 15.6. The van der Waals surface area contributed by atoms with Crippen LogP contribution in [0.2, 0.25) is 0 Å². The maximum absolute atomic E-state index is 12.3. The number of nitrogens with one attached hydrogen (secondary N) is 1. The van der Waals surface area contributed by atoms with Gasteiger partial charge in [0.15, 0.2) is 12.0 Å². The molecule has 24 heavy (non-hydrogen) atoms. The first-order chi connectivity index (χ1) is 11.7. The lowest BCUT2D eigenvalue weighted by molar-refractivity contribution is 0.0953. The fourth-order valence-electron chi connectivity index (χ4n) is 2.42. The number of carbonyl (C=O) groups is 1. The Balaban J connectivity index is 1.62. The zero-order valence-corrected chi connectivity index (χ0v) is 13.5. The van der Waals surface area contributed by atoms with Gasteiger partial charge in [0.05, 0.1) is 14.2 Å². The van der Waals surface area contributed by atoms with Crippen molar-refractivity contribution >= 4 is 17.0 Å². The van der Waals surface area contributed by atoms with E-state index in [2.05, 4.69) is 10.3 Å². The molecule has 0 radical (unpaired) electrons. The zero-order chi connectivity index (χ0) is 16.9. The molecule has 1 amide bonds. The van der Waals surface area contributed by atoms with Gasteiger partial charge < -0.3 is 19.2 Å². The van der Waals surface area contributed by atoms with Crippen molar-refractivity contribution in [1.29, 1.82) is 0 Å². The van der Waals surface area contributed by atoms with E-state index >= 15 is 0 Å². The van der Waals surface area contributed by atoms with E-state index in [-0.39, 0.29) is 5.91 Å². The van der Waals surface area contributed by atoms with E-state index in [0.29, 0.717) is 30.0 Å². The number of aromatic nitrogens is 1. The summed E-state index contributed by atoms with van der Waals surface area (Å²) in [5, 5.41) is 2.90. The first-order valence-corrected chi connectivity index (χ1v) is 7.53. The van der Waals surface area contributed by atoms with E-state index in [0.717, 1.165) is 16.7 Å². The van der Waals surface area contributed by atoms with Gasteiger partial charge in [0.1, 0.15) is 17.0 Å². The number of nitrogens with zero attached hydrogens (tertiary/aromatic N) is 1. The Kier molecular flexibility index (Phi) is 4.65. The highest BCUT2D eigenvalue weighted by atomic mass is 16.5. The van der Waals surface area contributed by atoms with Crippen molar-refractivity contribution in [3.63, 3.8) is 0 Å². The second-order valence-corrected chi connectivity index (χ2v) is 5.26. The molecule has 1 heterocycles. The van der Waals surface area contributed by atoms with Gasteiger partial charge in [-0.05, 0) is 36.2 Å². The molecule has 0 saturated carbocycles. The van der Waals surface area contributed by atoms with Crippen molar-refractivity contribution in [1.82, 2.24) is 10.3 Å². The third kappa shape index (κ3) is 3.48. The highest BCUT2D eigenvalue weighted by Gasteiger charge is 2.09. The summed E-state index contributed by atoms with van der Waals surface area (Å²) in [6.45, 7) is 0.516. The van der Waals surface area contributed by atoms with Crippen molar-refractivity contribution < 1.29 is 18.7 Å². The molecule has 0 aliphatic heterocycles. The lowest BCUT2D eigenvalue weighted by Crippen LogP contribution is -2.25. The van der Waals surface area contributed by atoms with Crippen molar-refractivity contribution in [2.24, 2.45) is 0 Å². The number of rotatable bonds is 6. The molecule has 0 unspecified atom stereocenters. The molecular weight excluding hydrogens is 308 g/mol. The second-order valence-electron chi connectivity index (χ2n) is 5.26. The predicted molar refractivity (Wildman–Crippen MR) is 89.6 cm³/mol. The molecule has 0 spiro atoms. The van der Waals surface area contributed by atoms with Crippen LogP contribution in [-0.4, -0.2) is 31.7 Å². The van der Waals surface area contributed by atoms with Gasteiger partial charge in [0.25, 0.3) is 5.91 Å². The van der Waals surface area contributed by atoms with Crippen LogP contribution < -0.4 is 14.8 Å². The minimum Gasteiger partial charge on any atom is -0.497 e. The van der Waals surface area contributed by atoms with Gasteiger partial charge >= 0.3 is 0 Å². The molecule has 0 saturated heterocycles. The first kappa shape index (κ1) is 15.9. The normalized spacial score (nSPS) is 10.6. The number of hydrogen-bond donors (Lipinski definition) is 1. The zero-order valence-electron chi connectivity index (χ0n) is 13.5. The van der Waals surface area contributed by atoms with Gasteiger partial charge in [-0.2, -0.15) is 0 Å². The van der Waals surface area contributed by atoms with Crippen LogP contribution >= 0.6 is 0 Å². The van der Waals surface area contributed by atoms with Gasteiger partial charge in [-0.3, -0.25) is 4.79 Å². The molecule has 3 rings (SSSR count). The Morgan fingerprint density at radius 2 is 1.88 bits per heavy atom. The quantitative estimate of drug-likeness (QED) is 0.754. The average molecular weight is 326 g/mol. The predicted octanol–water partition coefficient (Wildman–Crippen LogP) is 2.82. The van der Waals surface area contributed by atoms with Gasteiger partial charge in [-0.15, -0.1) is 0 Å². The molecule has 6 heteroatoms. The molecule has 6 nitrogen and oxygen atoms in total. The number of benzene rings is 2. The molecule has 124 valence electrons. The van der Waals surface area contributed by atoms with Crippen molar-refractivity contribution in [3.8, 4) is 11.5 Å². The Labute approximate surface area is 139 Å². The number of hydrogen-bond acceptors (Lipinski definition) is 5. The van der Waals surface area contributed by atoms with E-state index in [1.54, 1.807) is 32.4 Å². The van der Waals surface area contributed by atoms with Crippen LogP contribution in [0, 0.1) is 0 Å². The van der Waals surface area contributed by atoms with Crippen LogP contribution in [-0.2, 0) is 6.42 Å². The van der Waals surface area contributed by atoms with E-state index in [1.807, 2.05) is 18.2 Å². The highest BCUT2D eigenvalue weighted by molar-refractivity contribution is 5.95. The highest BCUT2D eigenvalue weighted by Crippen LogP contribution is 2.22. The Morgan fingerprint density at radius 3 is 2.58 bits per heavy atom. The third-order valence-corrected chi connectivity index (χ3v) is 3.71. The summed E-state index contributed by atoms with van der Waals surface area (Å²) in [5.41, 5.74) is 3.15. The van der Waals surface area contributed by atoms with Crippen LogP contribution in [0.5, 0.6) is 11.5 Å². The maximum Gasteiger partial charge on any atom is 0.251 e. The van der Waals surface area contributed by atoms with Gasteiger partial charge in [0.2, 0.25) is 0 Å². The largest absolute Gasteiger partial charge is 0.497 e. The van der Waals surface area contributed by atoms with E-state index in [9.17, 15) is 4.79 Å². The summed E-state index contributed by atoms with van der Waals surface area (Å²) in [5.74, 6) is 0.988.